The minimum Gasteiger partial charge on any atom is -0.357 e. The number of hydrogen-bond acceptors (Lipinski definition) is 3. The van der Waals surface area contributed by atoms with Crippen LogP contribution in [0.25, 0.3) is 0 Å². The van der Waals surface area contributed by atoms with Gasteiger partial charge in [-0.15, -0.1) is 0 Å². The highest BCUT2D eigenvalue weighted by Gasteiger charge is 2.45. The van der Waals surface area contributed by atoms with Crippen LogP contribution in [0.3, 0.4) is 0 Å². The van der Waals surface area contributed by atoms with Crippen molar-refractivity contribution >= 4 is 11.8 Å². The molecular formula is C15H14F3N3O3. The molecule has 6 nitrogen and oxygen atoms in total. The third-order valence-electron chi connectivity index (χ3n) is 3.44. The van der Waals surface area contributed by atoms with Crippen molar-refractivity contribution in [1.82, 2.24) is 15.4 Å². The summed E-state index contributed by atoms with van der Waals surface area (Å²) in [6.45, 7) is 0. The van der Waals surface area contributed by atoms with Crippen LogP contribution in [-0.4, -0.2) is 40.1 Å². The van der Waals surface area contributed by atoms with Crippen LogP contribution in [-0.2, 0) is 0 Å². The number of carbonyl (C=O) groups is 2. The molecule has 1 unspecified atom stereocenters. The fraction of sp³-hybridized carbons (Fsp3) is 0.200. The molecular weight excluding hydrogens is 327 g/mol. The lowest BCUT2D eigenvalue weighted by Crippen LogP contribution is -2.40. The number of nitrogens with zero attached hydrogens (tertiary/aromatic N) is 1. The van der Waals surface area contributed by atoms with E-state index >= 15 is 0 Å². The Labute approximate surface area is 134 Å². The van der Waals surface area contributed by atoms with E-state index in [0.29, 0.717) is 4.90 Å². The molecule has 3 N–H and O–H groups in total. The van der Waals surface area contributed by atoms with Crippen LogP contribution >= 0.6 is 0 Å². The van der Waals surface area contributed by atoms with Gasteiger partial charge < -0.3 is 9.88 Å². The smallest absolute Gasteiger partial charge is 0.357 e. The molecule has 0 spiro atoms. The fourth-order valence-corrected chi connectivity index (χ4v) is 2.28. The van der Waals surface area contributed by atoms with E-state index in [4.69, 9.17) is 5.21 Å². The Kier molecular flexibility index (Phi) is 4.93. The normalized spacial score (nSPS) is 12.5. The predicted octanol–water partition coefficient (Wildman–Crippen LogP) is 2.51. The molecule has 0 aliphatic heterocycles. The molecule has 0 radical (unpaired) electrons. The van der Waals surface area contributed by atoms with Crippen LogP contribution in [0.2, 0.25) is 0 Å². The van der Waals surface area contributed by atoms with Gasteiger partial charge in [0.1, 0.15) is 5.69 Å². The first-order valence-electron chi connectivity index (χ1n) is 6.77. The summed E-state index contributed by atoms with van der Waals surface area (Å²) in [5.41, 5.74) is 1.20. The number of nitrogens with one attached hydrogen (secondary N) is 2. The number of rotatable bonds is 4. The summed E-state index contributed by atoms with van der Waals surface area (Å²) in [4.78, 5) is 26.6. The summed E-state index contributed by atoms with van der Waals surface area (Å²) in [5.74, 6) is -1.67. The van der Waals surface area contributed by atoms with E-state index < -0.39 is 24.0 Å². The van der Waals surface area contributed by atoms with E-state index in [1.807, 2.05) is 0 Å². The Morgan fingerprint density at radius 1 is 1.21 bits per heavy atom. The standard InChI is InChI=1S/C15H14F3N3O3/c1-21(14(23)11-3-2-8-19-11)12(15(16,17)18)9-4-6-10(7-5-9)13(22)20-24/h2-8,12,19,24H,1H3,(H,20,22). The van der Waals surface area contributed by atoms with Crippen molar-refractivity contribution in [2.75, 3.05) is 7.05 Å². The van der Waals surface area contributed by atoms with Crippen molar-refractivity contribution in [3.8, 4) is 0 Å². The first-order valence-corrected chi connectivity index (χ1v) is 6.77. The molecule has 128 valence electrons. The van der Waals surface area contributed by atoms with Gasteiger partial charge in [-0.2, -0.15) is 13.2 Å². The van der Waals surface area contributed by atoms with Gasteiger partial charge in [-0.1, -0.05) is 12.1 Å². The molecule has 2 rings (SSSR count). The Bertz CT molecular complexity index is 712. The molecule has 2 amide bonds. The van der Waals surface area contributed by atoms with Gasteiger partial charge in [-0.05, 0) is 29.8 Å². The number of amides is 2. The van der Waals surface area contributed by atoms with Gasteiger partial charge in [0, 0.05) is 18.8 Å². The first-order chi connectivity index (χ1) is 11.3. The van der Waals surface area contributed by atoms with Crippen molar-refractivity contribution in [2.45, 2.75) is 12.2 Å². The van der Waals surface area contributed by atoms with E-state index in [2.05, 4.69) is 4.98 Å². The van der Waals surface area contributed by atoms with Gasteiger partial charge >= 0.3 is 6.18 Å². The van der Waals surface area contributed by atoms with E-state index in [1.54, 1.807) is 0 Å². The zero-order valence-electron chi connectivity index (χ0n) is 12.5. The third-order valence-corrected chi connectivity index (χ3v) is 3.44. The minimum atomic E-state index is -4.71. The second-order valence-electron chi connectivity index (χ2n) is 5.01. The average Bonchev–Trinajstić information content (AvgIpc) is 3.07. The van der Waals surface area contributed by atoms with E-state index in [1.165, 1.54) is 23.8 Å². The number of alkyl halides is 3. The monoisotopic (exact) mass is 341 g/mol. The van der Waals surface area contributed by atoms with Crippen molar-refractivity contribution in [3.63, 3.8) is 0 Å². The van der Waals surface area contributed by atoms with Crippen molar-refractivity contribution in [2.24, 2.45) is 0 Å². The summed E-state index contributed by atoms with van der Waals surface area (Å²) in [6, 6.07) is 5.13. The average molecular weight is 341 g/mol. The maximum Gasteiger partial charge on any atom is 0.413 e. The molecule has 0 bridgehead atoms. The summed E-state index contributed by atoms with van der Waals surface area (Å²) in [5, 5.41) is 8.53. The second kappa shape index (κ2) is 6.75. The molecule has 1 heterocycles. The van der Waals surface area contributed by atoms with Crippen LogP contribution in [0.4, 0.5) is 13.2 Å². The van der Waals surface area contributed by atoms with E-state index in [-0.39, 0.29) is 16.8 Å². The lowest BCUT2D eigenvalue weighted by atomic mass is 10.0. The number of halogens is 3. The van der Waals surface area contributed by atoms with Gasteiger partial charge in [-0.25, -0.2) is 5.48 Å². The number of aromatic amines is 1. The molecule has 9 heteroatoms. The molecule has 0 saturated carbocycles. The number of hydrogen-bond donors (Lipinski definition) is 3. The highest BCUT2D eigenvalue weighted by atomic mass is 19.4. The number of H-pyrrole nitrogens is 1. The molecule has 0 aliphatic rings. The Hall–Kier alpha value is -2.81. The van der Waals surface area contributed by atoms with Gasteiger partial charge in [0.2, 0.25) is 0 Å². The maximum atomic E-state index is 13.5. The number of hydroxylamine groups is 1. The molecule has 0 saturated heterocycles. The van der Waals surface area contributed by atoms with Gasteiger partial charge in [0.05, 0.1) is 0 Å². The highest BCUT2D eigenvalue weighted by Crippen LogP contribution is 2.37. The summed E-state index contributed by atoms with van der Waals surface area (Å²) in [6.07, 6.45) is -3.27. The molecule has 0 fully saturated rings. The molecule has 1 aromatic carbocycles. The topological polar surface area (TPSA) is 85.4 Å². The minimum absolute atomic E-state index is 0.0134. The molecule has 1 atom stereocenters. The van der Waals surface area contributed by atoms with Crippen LogP contribution in [0.15, 0.2) is 42.6 Å². The molecule has 2 aromatic rings. The van der Waals surface area contributed by atoms with E-state index in [0.717, 1.165) is 31.3 Å². The summed E-state index contributed by atoms with van der Waals surface area (Å²) in [7, 11) is 1.05. The van der Waals surface area contributed by atoms with Gasteiger partial charge in [0.25, 0.3) is 11.8 Å². The number of aromatic nitrogens is 1. The third kappa shape index (κ3) is 3.57. The van der Waals surface area contributed by atoms with Crippen LogP contribution in [0.5, 0.6) is 0 Å². The Morgan fingerprint density at radius 3 is 2.29 bits per heavy atom. The van der Waals surface area contributed by atoms with Crippen LogP contribution in [0, 0.1) is 0 Å². The van der Waals surface area contributed by atoms with E-state index in [9.17, 15) is 22.8 Å². The zero-order chi connectivity index (χ0) is 17.9. The summed E-state index contributed by atoms with van der Waals surface area (Å²) < 4.78 is 40.4. The predicted molar refractivity (Wildman–Crippen MR) is 77.4 cm³/mol. The maximum absolute atomic E-state index is 13.5. The largest absolute Gasteiger partial charge is 0.413 e. The molecule has 0 aliphatic carbocycles. The molecule has 24 heavy (non-hydrogen) atoms. The van der Waals surface area contributed by atoms with Gasteiger partial charge in [-0.3, -0.25) is 14.8 Å². The highest BCUT2D eigenvalue weighted by molar-refractivity contribution is 5.93. The van der Waals surface area contributed by atoms with Crippen molar-refractivity contribution in [1.29, 1.82) is 0 Å². The Morgan fingerprint density at radius 2 is 1.83 bits per heavy atom. The van der Waals surface area contributed by atoms with Crippen molar-refractivity contribution < 1.29 is 28.0 Å². The van der Waals surface area contributed by atoms with Crippen LogP contribution in [0.1, 0.15) is 32.5 Å². The van der Waals surface area contributed by atoms with Crippen LogP contribution < -0.4 is 5.48 Å². The zero-order valence-corrected chi connectivity index (χ0v) is 12.5. The Balaban J connectivity index is 2.35. The second-order valence-corrected chi connectivity index (χ2v) is 5.01. The summed E-state index contributed by atoms with van der Waals surface area (Å²) >= 11 is 0. The lowest BCUT2D eigenvalue weighted by Gasteiger charge is -2.30. The van der Waals surface area contributed by atoms with Crippen molar-refractivity contribution in [3.05, 3.63) is 59.4 Å². The quantitative estimate of drug-likeness (QED) is 0.590. The SMILES string of the molecule is CN(C(=O)c1ccc[nH]1)C(c1ccc(C(=O)NO)cc1)C(F)(F)F. The fourth-order valence-electron chi connectivity index (χ4n) is 2.28. The number of carbonyl (C=O) groups excluding carboxylic acids is 2. The molecule has 1 aromatic heterocycles. The van der Waals surface area contributed by atoms with Gasteiger partial charge in [0.15, 0.2) is 6.04 Å². The first kappa shape index (κ1) is 17.5. The number of benzene rings is 1. The lowest BCUT2D eigenvalue weighted by molar-refractivity contribution is -0.176.